The van der Waals surface area contributed by atoms with E-state index in [-0.39, 0.29) is 11.0 Å². The molecule has 0 fully saturated rings. The molecule has 36 heavy (non-hydrogen) atoms. The quantitative estimate of drug-likeness (QED) is 0.180. The van der Waals surface area contributed by atoms with Gasteiger partial charge >= 0.3 is 0 Å². The Balaban J connectivity index is 1.20. The zero-order valence-electron chi connectivity index (χ0n) is 19.1. The van der Waals surface area contributed by atoms with E-state index in [4.69, 9.17) is 33.2 Å². The maximum absolute atomic E-state index is 12.4. The molecule has 5 aromatic rings. The number of fused-ring (bicyclic) bond motifs is 1. The number of anilines is 1. The second-order valence-corrected chi connectivity index (χ2v) is 9.86. The van der Waals surface area contributed by atoms with Crippen molar-refractivity contribution in [3.63, 3.8) is 0 Å². The number of amides is 1. The zero-order valence-corrected chi connectivity index (χ0v) is 21.5. The van der Waals surface area contributed by atoms with Crippen molar-refractivity contribution in [1.29, 1.82) is 0 Å². The molecule has 1 amide bonds. The van der Waals surface area contributed by atoms with E-state index < -0.39 is 0 Å². The van der Waals surface area contributed by atoms with Crippen LogP contribution >= 0.6 is 35.2 Å². The largest absolute Gasteiger partial charge is 0.457 e. The summed E-state index contributed by atoms with van der Waals surface area (Å²) in [7, 11) is 0. The number of furan rings is 1. The Kier molecular flexibility index (Phi) is 6.95. The Bertz CT molecular complexity index is 1590. The zero-order chi connectivity index (χ0) is 25.1. The predicted octanol–water partition coefficient (Wildman–Crippen LogP) is 7.71. The van der Waals surface area contributed by atoms with Crippen molar-refractivity contribution >= 4 is 68.2 Å². The molecule has 2 aromatic heterocycles. The Morgan fingerprint density at radius 2 is 1.89 bits per heavy atom. The number of carbonyl (C=O) groups excluding carboxylic acids is 1. The fraction of sp³-hybridized carbons (Fsp3) is 0.0357. The van der Waals surface area contributed by atoms with Crippen LogP contribution in [0.2, 0.25) is 5.02 Å². The van der Waals surface area contributed by atoms with Crippen molar-refractivity contribution in [2.45, 2.75) is 6.92 Å². The molecule has 0 aliphatic heterocycles. The molecule has 0 radical (unpaired) electrons. The summed E-state index contributed by atoms with van der Waals surface area (Å²) < 4.78 is 6.95. The molecule has 0 bridgehead atoms. The summed E-state index contributed by atoms with van der Waals surface area (Å²) in [5, 5.41) is 7.50. The third-order valence-corrected chi connectivity index (χ3v) is 7.08. The first-order valence-corrected chi connectivity index (χ1v) is 12.7. The third kappa shape index (κ3) is 5.54. The maximum Gasteiger partial charge on any atom is 0.250 e. The predicted molar refractivity (Wildman–Crippen MR) is 152 cm³/mol. The van der Waals surface area contributed by atoms with E-state index in [1.54, 1.807) is 23.5 Å². The van der Waals surface area contributed by atoms with Crippen LogP contribution in [-0.2, 0) is 4.79 Å². The first-order chi connectivity index (χ1) is 17.4. The van der Waals surface area contributed by atoms with Crippen molar-refractivity contribution in [2.75, 3.05) is 5.32 Å². The minimum absolute atomic E-state index is 0.195. The summed E-state index contributed by atoms with van der Waals surface area (Å²) in [4.78, 5) is 17.1. The van der Waals surface area contributed by atoms with Crippen LogP contribution < -0.4 is 10.6 Å². The molecule has 0 saturated carbocycles. The van der Waals surface area contributed by atoms with Crippen LogP contribution in [0, 0.1) is 6.92 Å². The Morgan fingerprint density at radius 3 is 2.72 bits per heavy atom. The van der Waals surface area contributed by atoms with Crippen LogP contribution in [-0.4, -0.2) is 16.0 Å². The van der Waals surface area contributed by atoms with E-state index in [2.05, 4.69) is 16.7 Å². The fourth-order valence-electron chi connectivity index (χ4n) is 3.54. The summed E-state index contributed by atoms with van der Waals surface area (Å²) in [6.07, 6.45) is 2.96. The molecule has 2 heterocycles. The molecule has 3 aromatic carbocycles. The summed E-state index contributed by atoms with van der Waals surface area (Å²) in [6.45, 7) is 1.94. The Morgan fingerprint density at radius 1 is 1.03 bits per heavy atom. The lowest BCUT2D eigenvalue weighted by Gasteiger charge is -2.09. The van der Waals surface area contributed by atoms with Gasteiger partial charge in [0.15, 0.2) is 5.11 Å². The van der Waals surface area contributed by atoms with Gasteiger partial charge in [-0.05, 0) is 73.2 Å². The lowest BCUT2D eigenvalue weighted by Crippen LogP contribution is -2.32. The van der Waals surface area contributed by atoms with Gasteiger partial charge in [0.2, 0.25) is 5.91 Å². The number of aryl methyl sites for hydroxylation is 1. The van der Waals surface area contributed by atoms with Crippen molar-refractivity contribution < 1.29 is 9.21 Å². The average Bonchev–Trinajstić information content (AvgIpc) is 3.52. The number of thiazole rings is 1. The van der Waals surface area contributed by atoms with E-state index in [9.17, 15) is 4.79 Å². The number of thiocarbonyl (C=S) groups is 1. The summed E-state index contributed by atoms with van der Waals surface area (Å²) in [6, 6.07) is 25.1. The number of carbonyl (C=O) groups is 1. The van der Waals surface area contributed by atoms with Crippen molar-refractivity contribution in [2.24, 2.45) is 0 Å². The van der Waals surface area contributed by atoms with Crippen molar-refractivity contribution in [3.8, 4) is 21.9 Å². The van der Waals surface area contributed by atoms with Gasteiger partial charge in [-0.3, -0.25) is 10.1 Å². The fourth-order valence-corrected chi connectivity index (χ4v) is 4.90. The number of halogens is 1. The molecule has 0 unspecified atom stereocenters. The van der Waals surface area contributed by atoms with Crippen LogP contribution in [0.1, 0.15) is 11.3 Å². The van der Waals surface area contributed by atoms with Gasteiger partial charge in [-0.1, -0.05) is 48.0 Å². The minimum Gasteiger partial charge on any atom is -0.457 e. The van der Waals surface area contributed by atoms with Gasteiger partial charge in [-0.15, -0.1) is 11.3 Å². The highest BCUT2D eigenvalue weighted by atomic mass is 35.5. The molecule has 0 atom stereocenters. The summed E-state index contributed by atoms with van der Waals surface area (Å²) >= 11 is 13.2. The number of rotatable bonds is 5. The van der Waals surface area contributed by atoms with Crippen LogP contribution in [0.25, 0.3) is 38.2 Å². The normalized spacial score (nSPS) is 11.2. The summed E-state index contributed by atoms with van der Waals surface area (Å²) in [5.74, 6) is 0.840. The standard InChI is InChI=1S/C28H20ClN3O2S2/c1-17-9-10-18(16-22(17)29)24-13-11-21(34-24)12-14-26(33)32-28(35)30-20-6-4-5-19(15-20)27-31-23-7-2-3-8-25(23)36-27/h2-16H,1H3,(H2,30,32,33,35)/b14-12+. The number of nitrogens with one attached hydrogen (secondary N) is 2. The van der Waals surface area contributed by atoms with E-state index >= 15 is 0 Å². The highest BCUT2D eigenvalue weighted by Gasteiger charge is 2.09. The van der Waals surface area contributed by atoms with E-state index in [0.29, 0.717) is 16.5 Å². The monoisotopic (exact) mass is 529 g/mol. The molecule has 5 nitrogen and oxygen atoms in total. The minimum atomic E-state index is -0.369. The maximum atomic E-state index is 12.4. The van der Waals surface area contributed by atoms with Gasteiger partial charge in [0.1, 0.15) is 16.5 Å². The molecule has 8 heteroatoms. The SMILES string of the molecule is Cc1ccc(-c2ccc(/C=C/C(=O)NC(=S)Nc3cccc(-c4nc5ccccc5s4)c3)o2)cc1Cl. The highest BCUT2D eigenvalue weighted by molar-refractivity contribution is 7.80. The van der Waals surface area contributed by atoms with Gasteiger partial charge in [-0.25, -0.2) is 4.98 Å². The number of hydrogen-bond acceptors (Lipinski definition) is 5. The van der Waals surface area contributed by atoms with Gasteiger partial charge in [0.05, 0.1) is 10.2 Å². The van der Waals surface area contributed by atoms with Gasteiger partial charge in [-0.2, -0.15) is 0 Å². The number of benzene rings is 3. The summed E-state index contributed by atoms with van der Waals surface area (Å²) in [5.41, 5.74) is 4.56. The van der Waals surface area contributed by atoms with Crippen molar-refractivity contribution in [3.05, 3.63) is 101 Å². The smallest absolute Gasteiger partial charge is 0.250 e. The molecule has 0 aliphatic carbocycles. The van der Waals surface area contributed by atoms with Crippen LogP contribution in [0.4, 0.5) is 5.69 Å². The molecule has 0 aliphatic rings. The van der Waals surface area contributed by atoms with Gasteiger partial charge in [0, 0.05) is 27.9 Å². The van der Waals surface area contributed by atoms with Crippen LogP contribution in [0.5, 0.6) is 0 Å². The van der Waals surface area contributed by atoms with E-state index in [1.165, 1.54) is 6.08 Å². The molecule has 178 valence electrons. The number of nitrogens with zero attached hydrogens (tertiary/aromatic N) is 1. The number of aromatic nitrogens is 1. The Labute approximate surface area is 222 Å². The molecule has 0 saturated heterocycles. The molecule has 0 spiro atoms. The topological polar surface area (TPSA) is 67.2 Å². The Hall–Kier alpha value is -3.78. The lowest BCUT2D eigenvalue weighted by atomic mass is 10.1. The van der Waals surface area contributed by atoms with Gasteiger partial charge < -0.3 is 9.73 Å². The third-order valence-electron chi connectivity index (χ3n) is 5.38. The lowest BCUT2D eigenvalue weighted by molar-refractivity contribution is -0.115. The molecular formula is C28H20ClN3O2S2. The first kappa shape index (κ1) is 23.9. The average molecular weight is 530 g/mol. The van der Waals surface area contributed by atoms with Crippen LogP contribution in [0.3, 0.4) is 0 Å². The first-order valence-electron chi connectivity index (χ1n) is 11.1. The molecule has 2 N–H and O–H groups in total. The highest BCUT2D eigenvalue weighted by Crippen LogP contribution is 2.31. The van der Waals surface area contributed by atoms with Crippen molar-refractivity contribution in [1.82, 2.24) is 10.3 Å². The van der Waals surface area contributed by atoms with E-state index in [1.807, 2.05) is 73.7 Å². The van der Waals surface area contributed by atoms with Gasteiger partial charge in [0.25, 0.3) is 0 Å². The molecular weight excluding hydrogens is 510 g/mol. The number of para-hydroxylation sites is 1. The number of hydrogen-bond donors (Lipinski definition) is 2. The second kappa shape index (κ2) is 10.5. The van der Waals surface area contributed by atoms with E-state index in [0.717, 1.165) is 37.6 Å². The second-order valence-electron chi connectivity index (χ2n) is 8.01. The van der Waals surface area contributed by atoms with Crippen LogP contribution in [0.15, 0.2) is 89.4 Å². The molecule has 5 rings (SSSR count).